The standard InChI is InChI=1S/C134H76N14/c135-77-83-22-17-35-92(60-83)97-44-54-125-110(67-97)111-68-98(93-36-18-23-84(61-93)78-136)45-55-126(111)145(125)129-58-50-103(71-114(129)133-141-117(88-27-5-1-6-28-88)75-118(142-133)89-29-7-2-8-30-89)101-48-52-123-108(65-101)106-40-13-15-42-121(106)147(123)131-73-105(96-39-21-26-87(64-96)81-139)74-132(116(131)82-140)148-122-43-16-14-41-107(122)109-66-102(49-53-124(109)148)104-51-59-130(115(72-104)134-143-119(90-31-9-3-10-32-90)76-120(144-134)91-33-11-4-12-34-91)146-127-56-46-99(94-37-19-24-85(62-94)79-137)69-112(127)113-70-100(47-57-128(113)146)95-38-20-25-86(63-95)80-138/h1-76H. The van der Waals surface area contributed by atoms with Crippen LogP contribution in [0.2, 0.25) is 0 Å². The predicted octanol–water partition coefficient (Wildman–Crippen LogP) is 32.6. The first-order chi connectivity index (χ1) is 73.0. The second-order valence-corrected chi connectivity index (χ2v) is 37.1. The third-order valence-corrected chi connectivity index (χ3v) is 28.5. The number of nitriles is 6. The smallest absolute Gasteiger partial charge is 0.162 e. The largest absolute Gasteiger partial charge is 0.308 e. The van der Waals surface area contributed by atoms with Crippen molar-refractivity contribution in [2.24, 2.45) is 0 Å². The van der Waals surface area contributed by atoms with Gasteiger partial charge in [-0.2, -0.15) is 31.6 Å². The maximum Gasteiger partial charge on any atom is 0.162 e. The molecule has 26 aromatic rings. The Morgan fingerprint density at radius 2 is 0.365 bits per heavy atom. The summed E-state index contributed by atoms with van der Waals surface area (Å²) in [5, 5.41) is 71.6. The minimum atomic E-state index is 0.414. The van der Waals surface area contributed by atoms with Crippen molar-refractivity contribution in [2.45, 2.75) is 0 Å². The highest BCUT2D eigenvalue weighted by Crippen LogP contribution is 2.49. The summed E-state index contributed by atoms with van der Waals surface area (Å²) in [6.07, 6.45) is 0. The van der Waals surface area contributed by atoms with E-state index in [1.165, 1.54) is 0 Å². The summed E-state index contributed by atoms with van der Waals surface area (Å²) in [6.45, 7) is 0. The summed E-state index contributed by atoms with van der Waals surface area (Å²) in [7, 11) is 0. The van der Waals surface area contributed by atoms with Gasteiger partial charge in [0.2, 0.25) is 0 Å². The van der Waals surface area contributed by atoms with E-state index in [2.05, 4.69) is 309 Å². The summed E-state index contributed by atoms with van der Waals surface area (Å²) in [5.41, 5.74) is 34.1. The molecular weight excluding hydrogens is 1810 g/mol. The van der Waals surface area contributed by atoms with Gasteiger partial charge in [-0.05, 0) is 272 Å². The Kier molecular flexibility index (Phi) is 21.2. The van der Waals surface area contributed by atoms with Gasteiger partial charge in [-0.25, -0.2) is 19.9 Å². The van der Waals surface area contributed by atoms with E-state index in [0.29, 0.717) is 56.4 Å². The maximum absolute atomic E-state index is 12.5. The fourth-order valence-corrected chi connectivity index (χ4v) is 21.5. The molecule has 0 atom stereocenters. The van der Waals surface area contributed by atoms with E-state index in [1.807, 2.05) is 206 Å². The van der Waals surface area contributed by atoms with Crippen LogP contribution < -0.4 is 0 Å². The molecule has 0 unspecified atom stereocenters. The quantitative estimate of drug-likeness (QED) is 0.0840. The average molecular weight is 1880 g/mol. The Bertz CT molecular complexity index is 9440. The summed E-state index contributed by atoms with van der Waals surface area (Å²) in [6, 6.07) is 172. The molecule has 20 aromatic carbocycles. The first kappa shape index (κ1) is 87.0. The van der Waals surface area contributed by atoms with Crippen LogP contribution >= 0.6 is 0 Å². The summed E-state index contributed by atoms with van der Waals surface area (Å²) in [4.78, 5) is 22.4. The Labute approximate surface area is 850 Å². The lowest BCUT2D eigenvalue weighted by molar-refractivity contribution is 1.12. The fourth-order valence-electron chi connectivity index (χ4n) is 21.5. The van der Waals surface area contributed by atoms with E-state index in [4.69, 9.17) is 19.9 Å². The second-order valence-electron chi connectivity index (χ2n) is 37.1. The second kappa shape index (κ2) is 36.1. The SMILES string of the molecule is N#Cc1cccc(-c2cc(-n3c4ccccc4c4cc(-c5ccc(-n6c7ccc(-c8cccc(C#N)c8)cc7c7cc(-c8cccc(C#N)c8)ccc76)c(-c6nc(-c7ccccc7)cc(-c7ccccc7)n6)c5)ccc43)c(C#N)c(-n3c4ccccc4c4cc(-c5ccc(-n6c7ccc(-c8cccc(C#N)c8)cc7c7cc(-c8cccc(C#N)c8)ccc76)c(-c6nc(-c7ccccc7)cc(-c7ccccc7)n6)c5)ccc43)c2)c1. The first-order valence-electron chi connectivity index (χ1n) is 48.7. The fraction of sp³-hybridized carbons (Fsp3) is 0. The van der Waals surface area contributed by atoms with Gasteiger partial charge in [-0.1, -0.05) is 267 Å². The highest BCUT2D eigenvalue weighted by atomic mass is 15.0. The Hall–Kier alpha value is -21.3. The van der Waals surface area contributed by atoms with Gasteiger partial charge >= 0.3 is 0 Å². The molecule has 0 N–H and O–H groups in total. The minimum Gasteiger partial charge on any atom is -0.308 e. The molecule has 14 nitrogen and oxygen atoms in total. The molecule has 0 aliphatic rings. The molecule has 6 aromatic heterocycles. The molecule has 0 bridgehead atoms. The molecule has 0 aliphatic carbocycles. The van der Waals surface area contributed by atoms with Crippen LogP contribution in [0.3, 0.4) is 0 Å². The normalized spacial score (nSPS) is 11.3. The number of hydrogen-bond acceptors (Lipinski definition) is 10. The first-order valence-corrected chi connectivity index (χ1v) is 48.7. The van der Waals surface area contributed by atoms with Crippen LogP contribution in [-0.4, -0.2) is 38.2 Å². The van der Waals surface area contributed by atoms with Gasteiger partial charge in [0, 0.05) is 76.5 Å². The number of rotatable bonds is 17. The molecule has 0 saturated carbocycles. The molecule has 26 rings (SSSR count). The van der Waals surface area contributed by atoms with Gasteiger partial charge in [0.1, 0.15) is 11.6 Å². The monoisotopic (exact) mass is 1880 g/mol. The molecule has 0 radical (unpaired) electrons. The highest BCUT2D eigenvalue weighted by Gasteiger charge is 2.29. The Balaban J connectivity index is 0.657. The number of para-hydroxylation sites is 2. The van der Waals surface area contributed by atoms with Crippen molar-refractivity contribution in [3.05, 3.63) is 494 Å². The zero-order chi connectivity index (χ0) is 99.1. The van der Waals surface area contributed by atoms with E-state index >= 15 is 0 Å². The van der Waals surface area contributed by atoms with Gasteiger partial charge in [-0.15, -0.1) is 0 Å². The van der Waals surface area contributed by atoms with Crippen molar-refractivity contribution in [3.8, 4) is 205 Å². The topological polar surface area (TPSA) is 214 Å². The summed E-state index contributed by atoms with van der Waals surface area (Å²) in [5.74, 6) is 1.01. The van der Waals surface area contributed by atoms with E-state index in [1.54, 1.807) is 0 Å². The number of hydrogen-bond donors (Lipinski definition) is 0. The van der Waals surface area contributed by atoms with Crippen molar-refractivity contribution >= 4 is 87.2 Å². The van der Waals surface area contributed by atoms with E-state index in [9.17, 15) is 31.6 Å². The van der Waals surface area contributed by atoms with Crippen LogP contribution in [0.1, 0.15) is 33.4 Å². The van der Waals surface area contributed by atoms with Gasteiger partial charge in [0.15, 0.2) is 11.6 Å². The van der Waals surface area contributed by atoms with Crippen LogP contribution in [0.25, 0.3) is 256 Å². The maximum atomic E-state index is 12.5. The molecular formula is C134H76N14. The lowest BCUT2D eigenvalue weighted by Gasteiger charge is -2.19. The van der Waals surface area contributed by atoms with E-state index in [-0.39, 0.29) is 0 Å². The third kappa shape index (κ3) is 15.2. The Morgan fingerprint density at radius 3 is 0.635 bits per heavy atom. The molecule has 0 amide bonds. The summed E-state index contributed by atoms with van der Waals surface area (Å²) >= 11 is 0. The number of benzene rings is 20. The molecule has 0 saturated heterocycles. The van der Waals surface area contributed by atoms with Gasteiger partial charge in [0.25, 0.3) is 0 Å². The van der Waals surface area contributed by atoms with E-state index in [0.717, 1.165) is 233 Å². The minimum absolute atomic E-state index is 0.414. The molecule has 0 spiro atoms. The molecule has 6 heterocycles. The zero-order valence-electron chi connectivity index (χ0n) is 79.1. The molecule has 0 fully saturated rings. The molecule has 14 heteroatoms. The van der Waals surface area contributed by atoms with Crippen LogP contribution in [0.5, 0.6) is 0 Å². The lowest BCUT2D eigenvalue weighted by Crippen LogP contribution is -2.05. The number of aromatic nitrogens is 8. The van der Waals surface area contributed by atoms with Crippen LogP contribution in [0, 0.1) is 68.0 Å². The van der Waals surface area contributed by atoms with Crippen LogP contribution in [0.15, 0.2) is 461 Å². The zero-order valence-corrected chi connectivity index (χ0v) is 79.1. The molecule has 682 valence electrons. The van der Waals surface area contributed by atoms with E-state index < -0.39 is 0 Å². The number of fused-ring (bicyclic) bond motifs is 12. The average Bonchev–Trinajstić information content (AvgIpc) is 1.56. The molecule has 0 aliphatic heterocycles. The van der Waals surface area contributed by atoms with Crippen molar-refractivity contribution in [3.63, 3.8) is 0 Å². The van der Waals surface area contributed by atoms with Gasteiger partial charge < -0.3 is 18.3 Å². The van der Waals surface area contributed by atoms with Crippen molar-refractivity contribution < 1.29 is 0 Å². The van der Waals surface area contributed by atoms with Crippen molar-refractivity contribution in [2.75, 3.05) is 0 Å². The van der Waals surface area contributed by atoms with Crippen LogP contribution in [0.4, 0.5) is 0 Å². The van der Waals surface area contributed by atoms with Crippen LogP contribution in [-0.2, 0) is 0 Å². The van der Waals surface area contributed by atoms with Gasteiger partial charge in [0.05, 0.1) is 148 Å². The molecule has 148 heavy (non-hydrogen) atoms. The number of nitrogens with zero attached hydrogens (tertiary/aromatic N) is 14. The predicted molar refractivity (Wildman–Crippen MR) is 594 cm³/mol. The Morgan fingerprint density at radius 1 is 0.149 bits per heavy atom. The van der Waals surface area contributed by atoms with Crippen molar-refractivity contribution in [1.29, 1.82) is 31.6 Å². The third-order valence-electron chi connectivity index (χ3n) is 28.5. The highest BCUT2D eigenvalue weighted by molar-refractivity contribution is 6.17. The lowest BCUT2D eigenvalue weighted by atomic mass is 9.98. The summed E-state index contributed by atoms with van der Waals surface area (Å²) < 4.78 is 9.09. The van der Waals surface area contributed by atoms with Gasteiger partial charge in [-0.3, -0.25) is 0 Å². The van der Waals surface area contributed by atoms with Crippen molar-refractivity contribution in [1.82, 2.24) is 38.2 Å².